The zero-order valence-corrected chi connectivity index (χ0v) is 32.2. The van der Waals surface area contributed by atoms with Crippen molar-refractivity contribution < 1.29 is 0 Å². The van der Waals surface area contributed by atoms with Gasteiger partial charge >= 0.3 is 0 Å². The van der Waals surface area contributed by atoms with Crippen LogP contribution in [-0.4, -0.2) is 46.8 Å². The van der Waals surface area contributed by atoms with Crippen LogP contribution in [0.4, 0.5) is 0 Å². The summed E-state index contributed by atoms with van der Waals surface area (Å²) < 4.78 is 2.46. The first kappa shape index (κ1) is 34.2. The van der Waals surface area contributed by atoms with E-state index in [4.69, 9.17) is 9.98 Å². The van der Waals surface area contributed by atoms with Gasteiger partial charge in [-0.1, -0.05) is 106 Å². The van der Waals surface area contributed by atoms with Gasteiger partial charge in [-0.2, -0.15) is 0 Å². The van der Waals surface area contributed by atoms with Gasteiger partial charge in [-0.05, 0) is 121 Å². The lowest BCUT2D eigenvalue weighted by molar-refractivity contribution is 0.363. The fourth-order valence-electron chi connectivity index (χ4n) is 10.2. The summed E-state index contributed by atoms with van der Waals surface area (Å²) in [6.45, 7) is 11.5. The zero-order valence-electron chi connectivity index (χ0n) is 32.2. The number of aromatic nitrogens is 2. The number of hydrogen-bond acceptors (Lipinski definition) is 3. The number of benzene rings is 1. The van der Waals surface area contributed by atoms with E-state index in [1.807, 2.05) is 12.4 Å². The van der Waals surface area contributed by atoms with Crippen LogP contribution in [0.5, 0.6) is 0 Å². The predicted molar refractivity (Wildman–Crippen MR) is 223 cm³/mol. The van der Waals surface area contributed by atoms with E-state index in [1.165, 1.54) is 56.7 Å². The van der Waals surface area contributed by atoms with Crippen LogP contribution in [0.15, 0.2) is 131 Å². The topological polar surface area (TPSA) is 33.4 Å². The maximum Gasteiger partial charge on any atom is 0.0922 e. The number of dihydropyridines is 1. The molecule has 2 aromatic heterocycles. The molecule has 4 aliphatic carbocycles. The SMILES string of the molecule is CN1CC(n2c3c(c4ncccc42)CCC=C3)=CC=C(C(C)(C)C2=CCC(C(C)(C)c3ccc(C4CC5=C(C=CCC5)C5N=CC=CC54)cc3)C=C2)C1. The van der Waals surface area contributed by atoms with Crippen LogP contribution in [0.25, 0.3) is 22.8 Å². The average Bonchev–Trinajstić information content (AvgIpc) is 3.39. The highest BCUT2D eigenvalue weighted by molar-refractivity contribution is 5.89. The van der Waals surface area contributed by atoms with Crippen molar-refractivity contribution in [3.05, 3.63) is 148 Å². The van der Waals surface area contributed by atoms with Crippen molar-refractivity contribution in [2.75, 3.05) is 20.1 Å². The Morgan fingerprint density at radius 3 is 2.53 bits per heavy atom. The van der Waals surface area contributed by atoms with Crippen molar-refractivity contribution in [2.24, 2.45) is 22.2 Å². The molecule has 270 valence electrons. The molecule has 4 heterocycles. The van der Waals surface area contributed by atoms with Gasteiger partial charge in [-0.25, -0.2) is 0 Å². The molecule has 0 spiro atoms. The van der Waals surface area contributed by atoms with Gasteiger partial charge in [0.1, 0.15) is 0 Å². The lowest BCUT2D eigenvalue weighted by Gasteiger charge is -2.40. The average molecular weight is 699 g/mol. The Morgan fingerprint density at radius 2 is 1.70 bits per heavy atom. The fraction of sp³-hybridized carbons (Fsp3) is 0.388. The normalized spacial score (nSPS) is 25.8. The molecule has 4 nitrogen and oxygen atoms in total. The molecule has 4 heteroatoms. The fourth-order valence-corrected chi connectivity index (χ4v) is 10.2. The van der Waals surface area contributed by atoms with Crippen molar-refractivity contribution in [3.8, 4) is 0 Å². The lowest BCUT2D eigenvalue weighted by Crippen LogP contribution is -2.33. The molecule has 0 bridgehead atoms. The Bertz CT molecular complexity index is 2220. The van der Waals surface area contributed by atoms with E-state index < -0.39 is 0 Å². The first-order valence-corrected chi connectivity index (χ1v) is 20.0. The number of fused-ring (bicyclic) bond motifs is 5. The minimum Gasteiger partial charge on any atom is -0.310 e. The standard InChI is InChI=1S/C49H54N4/c1-48(2,35-20-18-33(19-21-35)43-30-34-12-6-7-13-40(34)46-41(43)15-10-28-50-46)36-22-24-37(25-23-36)49(3,4)38-26-27-39(32-52(5)31-38)53-44-16-9-8-14-42(44)47-45(53)17-11-29-51-47/h7,9-11,13,15-22,24-29,36,41,43,46H,6,8,12,14,23,30-32H2,1-5H3. The monoisotopic (exact) mass is 698 g/mol. The molecule has 0 saturated heterocycles. The molecule has 4 atom stereocenters. The second kappa shape index (κ2) is 13.4. The van der Waals surface area contributed by atoms with E-state index in [2.05, 4.69) is 147 Å². The third kappa shape index (κ3) is 5.94. The first-order chi connectivity index (χ1) is 25.7. The number of likely N-dealkylation sites (N-methyl/N-ethyl adjacent to an activating group) is 1. The Hall–Kier alpha value is -4.54. The minimum absolute atomic E-state index is 0.0244. The highest BCUT2D eigenvalue weighted by Crippen LogP contribution is 2.48. The van der Waals surface area contributed by atoms with E-state index in [-0.39, 0.29) is 16.9 Å². The molecule has 9 rings (SSSR count). The van der Waals surface area contributed by atoms with Gasteiger partial charge in [-0.15, -0.1) is 0 Å². The Morgan fingerprint density at radius 1 is 0.868 bits per heavy atom. The van der Waals surface area contributed by atoms with Gasteiger partial charge in [0.2, 0.25) is 0 Å². The molecule has 0 N–H and O–H groups in total. The van der Waals surface area contributed by atoms with Gasteiger partial charge in [0, 0.05) is 48.1 Å². The first-order valence-electron chi connectivity index (χ1n) is 20.0. The molecule has 0 fully saturated rings. The molecule has 4 unspecified atom stereocenters. The zero-order chi connectivity index (χ0) is 36.3. The van der Waals surface area contributed by atoms with Crippen molar-refractivity contribution in [2.45, 2.75) is 83.6 Å². The predicted octanol–water partition coefficient (Wildman–Crippen LogP) is 11.0. The van der Waals surface area contributed by atoms with E-state index in [9.17, 15) is 0 Å². The summed E-state index contributed by atoms with van der Waals surface area (Å²) in [5.41, 5.74) is 15.2. The molecule has 6 aliphatic rings. The Balaban J connectivity index is 0.933. The van der Waals surface area contributed by atoms with Gasteiger partial charge in [-0.3, -0.25) is 14.9 Å². The van der Waals surface area contributed by atoms with Crippen molar-refractivity contribution in [3.63, 3.8) is 0 Å². The molecule has 0 amide bonds. The molecule has 3 aromatic rings. The maximum absolute atomic E-state index is 4.98. The summed E-state index contributed by atoms with van der Waals surface area (Å²) in [7, 11) is 2.26. The highest BCUT2D eigenvalue weighted by Gasteiger charge is 2.39. The third-order valence-corrected chi connectivity index (χ3v) is 13.6. The maximum atomic E-state index is 4.98. The van der Waals surface area contributed by atoms with Crippen LogP contribution in [0.3, 0.4) is 0 Å². The number of rotatable bonds is 6. The molecule has 0 saturated carbocycles. The van der Waals surface area contributed by atoms with Crippen molar-refractivity contribution >= 4 is 29.0 Å². The third-order valence-electron chi connectivity index (χ3n) is 13.6. The van der Waals surface area contributed by atoms with Crippen LogP contribution in [0, 0.1) is 17.3 Å². The summed E-state index contributed by atoms with van der Waals surface area (Å²) in [5, 5.41) is 0. The number of hydrogen-bond donors (Lipinski definition) is 0. The highest BCUT2D eigenvalue weighted by atomic mass is 15.1. The smallest absolute Gasteiger partial charge is 0.0922 e. The van der Waals surface area contributed by atoms with Gasteiger partial charge < -0.3 is 4.57 Å². The van der Waals surface area contributed by atoms with Crippen LogP contribution in [-0.2, 0) is 11.8 Å². The van der Waals surface area contributed by atoms with Crippen molar-refractivity contribution in [1.82, 2.24) is 14.5 Å². The summed E-state index contributed by atoms with van der Waals surface area (Å²) in [5.74, 6) is 1.37. The quantitative estimate of drug-likeness (QED) is 0.257. The number of aliphatic imine (C=N–C) groups is 1. The number of allylic oxidation sites excluding steroid dienone is 10. The minimum atomic E-state index is -0.0774. The van der Waals surface area contributed by atoms with Crippen LogP contribution < -0.4 is 0 Å². The van der Waals surface area contributed by atoms with Crippen LogP contribution >= 0.6 is 0 Å². The van der Waals surface area contributed by atoms with Crippen molar-refractivity contribution in [1.29, 1.82) is 0 Å². The molecule has 53 heavy (non-hydrogen) atoms. The lowest BCUT2D eigenvalue weighted by atomic mass is 9.66. The van der Waals surface area contributed by atoms with Crippen LogP contribution in [0.1, 0.15) is 88.1 Å². The van der Waals surface area contributed by atoms with Gasteiger partial charge in [0.15, 0.2) is 0 Å². The molecular weight excluding hydrogens is 645 g/mol. The number of pyridine rings is 1. The molecular formula is C49H54N4. The Labute approximate surface area is 316 Å². The van der Waals surface area contributed by atoms with E-state index in [1.54, 1.807) is 5.57 Å². The van der Waals surface area contributed by atoms with Gasteiger partial charge in [0.25, 0.3) is 0 Å². The Kier molecular flexibility index (Phi) is 8.65. The summed E-state index contributed by atoms with van der Waals surface area (Å²) in [4.78, 5) is 12.3. The van der Waals surface area contributed by atoms with E-state index in [0.29, 0.717) is 17.8 Å². The van der Waals surface area contributed by atoms with Crippen LogP contribution in [0.2, 0.25) is 0 Å². The van der Waals surface area contributed by atoms with E-state index in [0.717, 1.165) is 50.7 Å². The molecule has 0 radical (unpaired) electrons. The molecule has 1 aromatic carbocycles. The summed E-state index contributed by atoms with van der Waals surface area (Å²) in [6.07, 6.45) is 36.8. The second-order valence-corrected chi connectivity index (χ2v) is 17.4. The van der Waals surface area contributed by atoms with Gasteiger partial charge in [0.05, 0.1) is 22.8 Å². The summed E-state index contributed by atoms with van der Waals surface area (Å²) in [6, 6.07) is 14.3. The van der Waals surface area contributed by atoms with E-state index >= 15 is 0 Å². The largest absolute Gasteiger partial charge is 0.310 e. The number of aryl methyl sites for hydroxylation is 1. The second-order valence-electron chi connectivity index (χ2n) is 17.4. The molecule has 2 aliphatic heterocycles. The summed E-state index contributed by atoms with van der Waals surface area (Å²) >= 11 is 0. The number of nitrogens with zero attached hydrogens (tertiary/aromatic N) is 4.